The van der Waals surface area contributed by atoms with E-state index >= 15 is 0 Å². The Kier molecular flexibility index (Phi) is 7.92. The third kappa shape index (κ3) is 6.73. The van der Waals surface area contributed by atoms with Gasteiger partial charge in [-0.2, -0.15) is 0 Å². The molecule has 1 aliphatic heterocycles. The zero-order chi connectivity index (χ0) is 17.3. The molecule has 1 aromatic carbocycles. The summed E-state index contributed by atoms with van der Waals surface area (Å²) in [5.74, 6) is 0.843. The van der Waals surface area contributed by atoms with Gasteiger partial charge in [-0.1, -0.05) is 53.6 Å². The molecule has 2 rings (SSSR count). The predicted molar refractivity (Wildman–Crippen MR) is 106 cm³/mol. The third-order valence-corrected chi connectivity index (χ3v) is 5.79. The Labute approximate surface area is 157 Å². The molecule has 1 aromatic rings. The Morgan fingerprint density at radius 1 is 1.50 bits per heavy atom. The highest BCUT2D eigenvalue weighted by atomic mass is 79.9. The van der Waals surface area contributed by atoms with Crippen LogP contribution in [-0.4, -0.2) is 22.7 Å². The second-order valence-electron chi connectivity index (χ2n) is 5.70. The second-order valence-corrected chi connectivity index (χ2v) is 8.88. The van der Waals surface area contributed by atoms with Crippen molar-refractivity contribution in [3.05, 3.63) is 53.5 Å². The molecule has 1 unspecified atom stereocenters. The molecule has 3 nitrogen and oxygen atoms in total. The minimum absolute atomic E-state index is 0.0586. The summed E-state index contributed by atoms with van der Waals surface area (Å²) >= 11 is 5.31. The number of ether oxygens (including phenoxy) is 1. The van der Waals surface area contributed by atoms with Gasteiger partial charge in [-0.15, -0.1) is 11.8 Å². The van der Waals surface area contributed by atoms with Crippen molar-refractivity contribution in [1.82, 2.24) is 5.32 Å². The Balaban J connectivity index is 1.72. The number of unbranched alkanes of at least 4 members (excludes halogenated alkanes) is 1. The highest BCUT2D eigenvalue weighted by molar-refractivity contribution is 9.12. The molecule has 0 saturated carbocycles. The fourth-order valence-electron chi connectivity index (χ4n) is 2.24. The molecule has 0 spiro atoms. The van der Waals surface area contributed by atoms with Crippen LogP contribution in [-0.2, 0) is 11.2 Å². The molecule has 5 heteroatoms. The average molecular weight is 410 g/mol. The van der Waals surface area contributed by atoms with Crippen molar-refractivity contribution in [2.75, 3.05) is 13.2 Å². The van der Waals surface area contributed by atoms with Gasteiger partial charge in [0.1, 0.15) is 5.75 Å². The molecule has 24 heavy (non-hydrogen) atoms. The van der Waals surface area contributed by atoms with Gasteiger partial charge >= 0.3 is 0 Å². The van der Waals surface area contributed by atoms with Gasteiger partial charge in [0.25, 0.3) is 0 Å². The Morgan fingerprint density at radius 3 is 3.12 bits per heavy atom. The van der Waals surface area contributed by atoms with E-state index in [4.69, 9.17) is 4.74 Å². The maximum absolute atomic E-state index is 11.9. The lowest BCUT2D eigenvalue weighted by Crippen LogP contribution is -2.24. The van der Waals surface area contributed by atoms with Crippen molar-refractivity contribution in [3.8, 4) is 5.75 Å². The topological polar surface area (TPSA) is 38.3 Å². The van der Waals surface area contributed by atoms with Crippen molar-refractivity contribution in [1.29, 1.82) is 0 Å². The van der Waals surface area contributed by atoms with Crippen LogP contribution in [0.15, 0.2) is 47.9 Å². The number of hydrogen-bond acceptors (Lipinski definition) is 3. The summed E-state index contributed by atoms with van der Waals surface area (Å²) in [7, 11) is 0. The van der Waals surface area contributed by atoms with Crippen LogP contribution in [0.2, 0.25) is 0 Å². The summed E-state index contributed by atoms with van der Waals surface area (Å²) in [5, 5.41) is 4.98. The number of carbonyl (C=O) groups is 1. The van der Waals surface area contributed by atoms with Gasteiger partial charge in [0.2, 0.25) is 5.91 Å². The monoisotopic (exact) mass is 409 g/mol. The Bertz CT molecular complexity index is 593. The van der Waals surface area contributed by atoms with E-state index in [9.17, 15) is 4.79 Å². The maximum Gasteiger partial charge on any atom is 0.243 e. The molecule has 0 saturated heterocycles. The minimum Gasteiger partial charge on any atom is -0.494 e. The number of allylic oxidation sites excluding steroid dienone is 1. The number of thioether (sulfide) groups is 1. The predicted octanol–water partition coefficient (Wildman–Crippen LogP) is 4.82. The first-order chi connectivity index (χ1) is 11.6. The summed E-state index contributed by atoms with van der Waals surface area (Å²) in [4.78, 5) is 11.9. The van der Waals surface area contributed by atoms with E-state index in [1.807, 2.05) is 29.7 Å². The highest BCUT2D eigenvalue weighted by Gasteiger charge is 2.25. The molecule has 1 aliphatic rings. The molecular formula is C19H24BrNO2S. The molecule has 0 fully saturated rings. The molecule has 0 bridgehead atoms. The first-order valence-electron chi connectivity index (χ1n) is 8.32. The Hall–Kier alpha value is -1.20. The number of alkyl halides is 1. The van der Waals surface area contributed by atoms with Crippen molar-refractivity contribution >= 4 is 33.6 Å². The normalized spacial score (nSPS) is 19.8. The van der Waals surface area contributed by atoms with Gasteiger partial charge in [0, 0.05) is 12.6 Å². The highest BCUT2D eigenvalue weighted by Crippen LogP contribution is 2.43. The molecule has 0 aliphatic carbocycles. The lowest BCUT2D eigenvalue weighted by atomic mass is 10.1. The quantitative estimate of drug-likeness (QED) is 0.360. The number of rotatable bonds is 9. The Morgan fingerprint density at radius 2 is 2.38 bits per heavy atom. The van der Waals surface area contributed by atoms with E-state index in [2.05, 4.69) is 40.3 Å². The minimum atomic E-state index is -0.158. The van der Waals surface area contributed by atoms with Gasteiger partial charge in [-0.05, 0) is 42.4 Å². The number of halogens is 1. The van der Waals surface area contributed by atoms with E-state index in [0.717, 1.165) is 38.0 Å². The average Bonchev–Trinajstić information content (AvgIpc) is 3.01. The second kappa shape index (κ2) is 9.94. The summed E-state index contributed by atoms with van der Waals surface area (Å²) in [6.45, 7) is 3.52. The van der Waals surface area contributed by atoms with E-state index in [1.54, 1.807) is 17.8 Å². The molecule has 0 radical (unpaired) electrons. The van der Waals surface area contributed by atoms with Crippen molar-refractivity contribution in [3.63, 3.8) is 0 Å². The number of benzene rings is 1. The zero-order valence-corrected chi connectivity index (χ0v) is 16.4. The third-order valence-electron chi connectivity index (χ3n) is 3.62. The number of amides is 1. The van der Waals surface area contributed by atoms with Gasteiger partial charge in [-0.3, -0.25) is 4.79 Å². The molecule has 1 N–H and O–H groups in total. The van der Waals surface area contributed by atoms with Crippen LogP contribution >= 0.6 is 27.7 Å². The smallest absolute Gasteiger partial charge is 0.243 e. The van der Waals surface area contributed by atoms with Gasteiger partial charge < -0.3 is 10.1 Å². The molecule has 1 amide bonds. The lowest BCUT2D eigenvalue weighted by molar-refractivity contribution is -0.116. The van der Waals surface area contributed by atoms with Crippen molar-refractivity contribution in [2.45, 2.75) is 36.3 Å². The fourth-order valence-corrected chi connectivity index (χ4v) is 3.64. The van der Waals surface area contributed by atoms with Crippen LogP contribution in [0.1, 0.15) is 31.7 Å². The SMILES string of the molecule is CCCCOc1cccc(CCNC(=O)/C=C/C2(Br)CC=CS2)c1. The van der Waals surface area contributed by atoms with E-state index in [-0.39, 0.29) is 9.56 Å². The molecule has 1 heterocycles. The van der Waals surface area contributed by atoms with Crippen LogP contribution in [0.4, 0.5) is 0 Å². The molecule has 130 valence electrons. The van der Waals surface area contributed by atoms with Crippen LogP contribution in [0.3, 0.4) is 0 Å². The summed E-state index contributed by atoms with van der Waals surface area (Å²) < 4.78 is 5.55. The van der Waals surface area contributed by atoms with E-state index in [1.165, 1.54) is 5.56 Å². The van der Waals surface area contributed by atoms with E-state index < -0.39 is 0 Å². The van der Waals surface area contributed by atoms with Crippen LogP contribution in [0.5, 0.6) is 5.75 Å². The first-order valence-corrected chi connectivity index (χ1v) is 9.99. The summed E-state index contributed by atoms with van der Waals surface area (Å²) in [6, 6.07) is 8.08. The number of hydrogen-bond donors (Lipinski definition) is 1. The number of carbonyl (C=O) groups excluding carboxylic acids is 1. The molecule has 1 atom stereocenters. The van der Waals surface area contributed by atoms with Gasteiger partial charge in [0.05, 0.1) is 10.3 Å². The summed E-state index contributed by atoms with van der Waals surface area (Å²) in [5.41, 5.74) is 1.17. The van der Waals surface area contributed by atoms with E-state index in [0.29, 0.717) is 6.54 Å². The maximum atomic E-state index is 11.9. The van der Waals surface area contributed by atoms with Crippen molar-refractivity contribution in [2.24, 2.45) is 0 Å². The summed E-state index contributed by atoms with van der Waals surface area (Å²) in [6.07, 6.45) is 9.50. The van der Waals surface area contributed by atoms with Crippen LogP contribution < -0.4 is 10.1 Å². The molecule has 0 aromatic heterocycles. The van der Waals surface area contributed by atoms with Crippen LogP contribution in [0, 0.1) is 0 Å². The van der Waals surface area contributed by atoms with Crippen LogP contribution in [0.25, 0.3) is 0 Å². The largest absolute Gasteiger partial charge is 0.494 e. The molecular weight excluding hydrogens is 386 g/mol. The fraction of sp³-hybridized carbons (Fsp3) is 0.421. The van der Waals surface area contributed by atoms with Gasteiger partial charge in [-0.25, -0.2) is 0 Å². The first kappa shape index (κ1) is 19.1. The standard InChI is InChI=1S/C19H24BrNO2S/c1-2-3-13-23-17-7-4-6-16(15-17)9-12-21-18(22)8-11-19(20)10-5-14-24-19/h4-8,11,14-15H,2-3,9-10,12-13H2,1H3,(H,21,22)/b11-8+. The van der Waals surface area contributed by atoms with Crippen molar-refractivity contribution < 1.29 is 9.53 Å². The lowest BCUT2D eigenvalue weighted by Gasteiger charge is -2.14. The number of nitrogens with one attached hydrogen (secondary N) is 1. The zero-order valence-electron chi connectivity index (χ0n) is 14.0. The van der Waals surface area contributed by atoms with Gasteiger partial charge in [0.15, 0.2) is 0 Å².